The Balaban J connectivity index is 1.97. The van der Waals surface area contributed by atoms with Gasteiger partial charge < -0.3 is 19.7 Å². The molecule has 11 nitrogen and oxygen atoms in total. The summed E-state index contributed by atoms with van der Waals surface area (Å²) in [6.07, 6.45) is 0.555. The number of hydrogen-bond donors (Lipinski definition) is 2. The zero-order valence-electron chi connectivity index (χ0n) is 19.9. The second-order valence-corrected chi connectivity index (χ2v) is 8.25. The quantitative estimate of drug-likeness (QED) is 0.143. The summed E-state index contributed by atoms with van der Waals surface area (Å²) in [6, 6.07) is 21.1. The lowest BCUT2D eigenvalue weighted by molar-refractivity contribution is -0.618. The van der Waals surface area contributed by atoms with E-state index in [4.69, 9.17) is 9.47 Å². The molecule has 0 aromatic heterocycles. The van der Waals surface area contributed by atoms with Crippen LogP contribution >= 0.6 is 0 Å². The SMILES string of the molecule is O=C(O)C1=CC(O)=C(OC(=O)c2ccccc2)C(OC(=O)c2ccccc2)([N+](=O)[O-])C1C(=O)c1ccccc1. The van der Waals surface area contributed by atoms with Crippen LogP contribution in [0, 0.1) is 16.0 Å². The van der Waals surface area contributed by atoms with Gasteiger partial charge in [0, 0.05) is 5.56 Å². The van der Waals surface area contributed by atoms with Gasteiger partial charge in [0.2, 0.25) is 0 Å². The number of aliphatic hydroxyl groups is 1. The maximum absolute atomic E-state index is 13.7. The smallest absolute Gasteiger partial charge is 0.442 e. The topological polar surface area (TPSA) is 170 Å². The van der Waals surface area contributed by atoms with E-state index in [-0.39, 0.29) is 16.7 Å². The molecule has 0 spiro atoms. The van der Waals surface area contributed by atoms with E-state index in [0.29, 0.717) is 6.08 Å². The van der Waals surface area contributed by atoms with Crippen molar-refractivity contribution in [2.24, 2.45) is 5.92 Å². The highest BCUT2D eigenvalue weighted by Crippen LogP contribution is 2.44. The summed E-state index contributed by atoms with van der Waals surface area (Å²) in [4.78, 5) is 63.6. The fraction of sp³-hybridized carbons (Fsp3) is 0.0714. The highest BCUT2D eigenvalue weighted by Gasteiger charge is 2.68. The number of carboxylic acids is 1. The zero-order chi connectivity index (χ0) is 28.2. The number of aliphatic hydroxyl groups excluding tert-OH is 1. The monoisotopic (exact) mass is 529 g/mol. The highest BCUT2D eigenvalue weighted by molar-refractivity contribution is 6.07. The van der Waals surface area contributed by atoms with Crippen molar-refractivity contribution in [3.05, 3.63) is 141 Å². The molecule has 0 aliphatic heterocycles. The van der Waals surface area contributed by atoms with Crippen LogP contribution in [0.1, 0.15) is 31.1 Å². The molecule has 0 radical (unpaired) electrons. The van der Waals surface area contributed by atoms with Crippen molar-refractivity contribution < 1.29 is 43.8 Å². The molecule has 1 aliphatic carbocycles. The Morgan fingerprint density at radius 3 is 1.69 bits per heavy atom. The molecular weight excluding hydrogens is 510 g/mol. The molecule has 2 unspecified atom stereocenters. The molecule has 0 fully saturated rings. The number of rotatable bonds is 8. The average molecular weight is 529 g/mol. The Hall–Kier alpha value is -5.58. The van der Waals surface area contributed by atoms with E-state index in [9.17, 15) is 39.5 Å². The first-order valence-electron chi connectivity index (χ1n) is 11.3. The van der Waals surface area contributed by atoms with E-state index < -0.39 is 57.3 Å². The highest BCUT2D eigenvalue weighted by atomic mass is 16.7. The van der Waals surface area contributed by atoms with Gasteiger partial charge in [0.25, 0.3) is 5.76 Å². The maximum Gasteiger partial charge on any atom is 0.442 e. The number of carbonyl (C=O) groups is 4. The Morgan fingerprint density at radius 2 is 1.23 bits per heavy atom. The lowest BCUT2D eigenvalue weighted by Crippen LogP contribution is -2.57. The molecule has 2 atom stereocenters. The number of carbonyl (C=O) groups excluding carboxylic acids is 3. The molecular formula is C28H19NO10. The number of benzene rings is 3. The van der Waals surface area contributed by atoms with E-state index in [1.54, 1.807) is 18.2 Å². The van der Waals surface area contributed by atoms with E-state index in [1.807, 2.05) is 0 Å². The summed E-state index contributed by atoms with van der Waals surface area (Å²) in [5.74, 6) is -10.3. The molecule has 4 rings (SSSR count). The number of carboxylic acid groups (broad SMARTS) is 1. The van der Waals surface area contributed by atoms with Crippen molar-refractivity contribution in [2.45, 2.75) is 5.72 Å². The van der Waals surface area contributed by atoms with E-state index in [1.165, 1.54) is 72.8 Å². The third kappa shape index (κ3) is 5.01. The number of ketones is 1. The van der Waals surface area contributed by atoms with E-state index in [2.05, 4.69) is 0 Å². The van der Waals surface area contributed by atoms with Crippen molar-refractivity contribution in [3.63, 3.8) is 0 Å². The third-order valence-corrected chi connectivity index (χ3v) is 5.85. The van der Waals surface area contributed by atoms with Crippen LogP contribution in [0.5, 0.6) is 0 Å². The standard InChI is InChI=1S/C28H19NO10/c30-21-16-20(25(32)33)22(23(31)17-10-4-1-5-11-17)28(29(36)37,39-27(35)19-14-8-3-9-15-19)24(21)38-26(34)18-12-6-2-7-13-18/h1-16,22,30H,(H,32,33). The Morgan fingerprint density at radius 1 is 0.769 bits per heavy atom. The molecule has 1 aliphatic rings. The number of allylic oxidation sites excluding steroid dienone is 1. The lowest BCUT2D eigenvalue weighted by atomic mass is 9.77. The first kappa shape index (κ1) is 26.5. The minimum absolute atomic E-state index is 0.0941. The number of nitrogens with zero attached hydrogens (tertiary/aromatic N) is 1. The van der Waals surface area contributed by atoms with Crippen molar-refractivity contribution >= 4 is 23.7 Å². The van der Waals surface area contributed by atoms with Gasteiger partial charge in [-0.3, -0.25) is 14.9 Å². The zero-order valence-corrected chi connectivity index (χ0v) is 19.9. The molecule has 0 amide bonds. The van der Waals surface area contributed by atoms with Crippen LogP contribution in [0.3, 0.4) is 0 Å². The van der Waals surface area contributed by atoms with Crippen LogP contribution in [0.4, 0.5) is 0 Å². The second kappa shape index (κ2) is 10.8. The molecule has 0 heterocycles. The van der Waals surface area contributed by atoms with Gasteiger partial charge in [-0.05, 0) is 30.3 Å². The van der Waals surface area contributed by atoms with Gasteiger partial charge in [-0.15, -0.1) is 0 Å². The normalized spacial score (nSPS) is 18.5. The lowest BCUT2D eigenvalue weighted by Gasteiger charge is -2.34. The molecule has 39 heavy (non-hydrogen) atoms. The first-order chi connectivity index (χ1) is 18.7. The summed E-state index contributed by atoms with van der Waals surface area (Å²) in [7, 11) is 0. The molecule has 196 valence electrons. The van der Waals surface area contributed by atoms with Crippen LogP contribution in [0.25, 0.3) is 0 Å². The van der Waals surface area contributed by atoms with Gasteiger partial charge in [-0.1, -0.05) is 66.7 Å². The van der Waals surface area contributed by atoms with Crippen LogP contribution in [0.2, 0.25) is 0 Å². The maximum atomic E-state index is 13.7. The minimum atomic E-state index is -3.49. The minimum Gasteiger partial charge on any atom is -0.504 e. The Bertz CT molecular complexity index is 1510. The van der Waals surface area contributed by atoms with E-state index in [0.717, 1.165) is 0 Å². The second-order valence-electron chi connectivity index (χ2n) is 8.25. The number of ether oxygens (including phenoxy) is 2. The molecule has 0 saturated carbocycles. The number of Topliss-reactive ketones (excluding diaryl/α,β-unsaturated/α-hetero) is 1. The average Bonchev–Trinajstić information content (AvgIpc) is 2.95. The first-order valence-corrected chi connectivity index (χ1v) is 11.3. The van der Waals surface area contributed by atoms with Crippen LogP contribution < -0.4 is 0 Å². The number of nitro groups is 1. The molecule has 11 heteroatoms. The summed E-state index contributed by atoms with van der Waals surface area (Å²) in [6.45, 7) is 0. The fourth-order valence-electron chi connectivity index (χ4n) is 4.05. The molecule has 3 aromatic carbocycles. The van der Waals surface area contributed by atoms with Crippen molar-refractivity contribution in [1.29, 1.82) is 0 Å². The third-order valence-electron chi connectivity index (χ3n) is 5.85. The van der Waals surface area contributed by atoms with Gasteiger partial charge in [-0.2, -0.15) is 0 Å². The van der Waals surface area contributed by atoms with Crippen molar-refractivity contribution in [1.82, 2.24) is 0 Å². The van der Waals surface area contributed by atoms with Crippen LogP contribution in [-0.2, 0) is 14.3 Å². The summed E-state index contributed by atoms with van der Waals surface area (Å²) >= 11 is 0. The van der Waals surface area contributed by atoms with Gasteiger partial charge in [0.1, 0.15) is 0 Å². The number of esters is 2. The predicted molar refractivity (Wildman–Crippen MR) is 133 cm³/mol. The largest absolute Gasteiger partial charge is 0.504 e. The summed E-state index contributed by atoms with van der Waals surface area (Å²) in [5.41, 5.74) is -4.89. The van der Waals surface area contributed by atoms with Crippen molar-refractivity contribution in [2.75, 3.05) is 0 Å². The molecule has 2 N–H and O–H groups in total. The molecule has 0 bridgehead atoms. The van der Waals surface area contributed by atoms with E-state index >= 15 is 0 Å². The Kier molecular flexibility index (Phi) is 7.34. The summed E-state index contributed by atoms with van der Waals surface area (Å²) < 4.78 is 10.6. The summed E-state index contributed by atoms with van der Waals surface area (Å²) in [5, 5.41) is 33.5. The van der Waals surface area contributed by atoms with Gasteiger partial charge in [-0.25, -0.2) is 14.4 Å². The van der Waals surface area contributed by atoms with Gasteiger partial charge in [0.15, 0.2) is 17.5 Å². The van der Waals surface area contributed by atoms with Crippen LogP contribution in [0.15, 0.2) is 114 Å². The van der Waals surface area contributed by atoms with Gasteiger partial charge >= 0.3 is 23.6 Å². The van der Waals surface area contributed by atoms with Crippen molar-refractivity contribution in [3.8, 4) is 0 Å². The van der Waals surface area contributed by atoms with Crippen LogP contribution in [-0.4, -0.2) is 44.6 Å². The number of aliphatic carboxylic acids is 1. The molecule has 0 saturated heterocycles. The predicted octanol–water partition coefficient (Wildman–Crippen LogP) is 3.97. The number of hydrogen-bond acceptors (Lipinski definition) is 9. The van der Waals surface area contributed by atoms with Gasteiger partial charge in [0.05, 0.1) is 21.6 Å². The fourth-order valence-corrected chi connectivity index (χ4v) is 4.05. The molecule has 3 aromatic rings. The Labute approximate surface area is 220 Å².